The minimum atomic E-state index is -0.314. The number of benzene rings is 1. The molecule has 0 spiro atoms. The van der Waals surface area contributed by atoms with Crippen molar-refractivity contribution in [2.75, 3.05) is 0 Å². The fraction of sp³-hybridized carbons (Fsp3) is 0.0909. The molecule has 2 aromatic rings. The third-order valence-corrected chi connectivity index (χ3v) is 2.01. The van der Waals surface area contributed by atoms with E-state index in [0.29, 0.717) is 18.2 Å². The summed E-state index contributed by atoms with van der Waals surface area (Å²) in [5.74, 6) is 0.527. The Morgan fingerprint density at radius 3 is 2.62 bits per heavy atom. The third kappa shape index (κ3) is 2.32. The van der Waals surface area contributed by atoms with Crippen molar-refractivity contribution in [3.8, 4) is 11.6 Å². The average Bonchev–Trinajstić information content (AvgIpc) is 2.33. The van der Waals surface area contributed by atoms with Crippen molar-refractivity contribution in [2.24, 2.45) is 5.73 Å². The summed E-state index contributed by atoms with van der Waals surface area (Å²) in [6.07, 6.45) is 1.54. The summed E-state index contributed by atoms with van der Waals surface area (Å²) in [5, 5.41) is 7.52. The van der Waals surface area contributed by atoms with Gasteiger partial charge in [0.25, 0.3) is 0 Å². The summed E-state index contributed by atoms with van der Waals surface area (Å²) in [6, 6.07) is 7.39. The number of nitrogens with two attached hydrogens (primary N) is 1. The maximum absolute atomic E-state index is 12.7. The maximum Gasteiger partial charge on any atom is 0.243 e. The van der Waals surface area contributed by atoms with E-state index in [1.165, 1.54) is 24.3 Å². The Bertz CT molecular complexity index is 473. The molecular formula is C11H10FN3O. The molecule has 2 N–H and O–H groups in total. The van der Waals surface area contributed by atoms with E-state index in [1.54, 1.807) is 12.3 Å². The Morgan fingerprint density at radius 1 is 1.19 bits per heavy atom. The topological polar surface area (TPSA) is 61.0 Å². The van der Waals surface area contributed by atoms with Crippen LogP contribution in [0.5, 0.6) is 11.6 Å². The number of halogens is 1. The first-order valence-corrected chi connectivity index (χ1v) is 4.73. The zero-order chi connectivity index (χ0) is 11.4. The summed E-state index contributed by atoms with van der Waals surface area (Å²) in [5.41, 5.74) is 6.27. The molecule has 82 valence electrons. The van der Waals surface area contributed by atoms with E-state index in [9.17, 15) is 4.39 Å². The van der Waals surface area contributed by atoms with Crippen molar-refractivity contribution >= 4 is 0 Å². The van der Waals surface area contributed by atoms with Crippen LogP contribution in [0.2, 0.25) is 0 Å². The molecule has 0 aliphatic rings. The minimum absolute atomic E-state index is 0.312. The van der Waals surface area contributed by atoms with Crippen LogP contribution in [0.1, 0.15) is 5.56 Å². The van der Waals surface area contributed by atoms with Crippen LogP contribution in [0.4, 0.5) is 4.39 Å². The van der Waals surface area contributed by atoms with Gasteiger partial charge in [0.1, 0.15) is 11.6 Å². The Hall–Kier alpha value is -2.01. The van der Waals surface area contributed by atoms with Gasteiger partial charge >= 0.3 is 0 Å². The largest absolute Gasteiger partial charge is 0.437 e. The molecule has 1 aromatic heterocycles. The molecule has 5 heteroatoms. The molecular weight excluding hydrogens is 209 g/mol. The van der Waals surface area contributed by atoms with Crippen molar-refractivity contribution in [3.05, 3.63) is 47.9 Å². The number of hydrogen-bond donors (Lipinski definition) is 1. The Balaban J connectivity index is 2.23. The van der Waals surface area contributed by atoms with Crippen molar-refractivity contribution in [3.63, 3.8) is 0 Å². The van der Waals surface area contributed by atoms with Gasteiger partial charge in [0.05, 0.1) is 6.20 Å². The molecule has 0 saturated carbocycles. The van der Waals surface area contributed by atoms with Gasteiger partial charge in [0.15, 0.2) is 0 Å². The molecule has 1 aromatic carbocycles. The smallest absolute Gasteiger partial charge is 0.243 e. The summed E-state index contributed by atoms with van der Waals surface area (Å²) in [4.78, 5) is 0. The summed E-state index contributed by atoms with van der Waals surface area (Å²) in [7, 11) is 0. The fourth-order valence-corrected chi connectivity index (χ4v) is 1.20. The van der Waals surface area contributed by atoms with Crippen LogP contribution in [0.25, 0.3) is 0 Å². The van der Waals surface area contributed by atoms with Crippen molar-refractivity contribution in [1.29, 1.82) is 0 Å². The molecule has 0 aliphatic heterocycles. The van der Waals surface area contributed by atoms with E-state index in [0.717, 1.165) is 5.56 Å². The zero-order valence-corrected chi connectivity index (χ0v) is 8.43. The minimum Gasteiger partial charge on any atom is -0.437 e. The van der Waals surface area contributed by atoms with Crippen LogP contribution in [-0.4, -0.2) is 10.2 Å². The fourth-order valence-electron chi connectivity index (χ4n) is 1.20. The lowest BCUT2D eigenvalue weighted by Gasteiger charge is -2.06. The van der Waals surface area contributed by atoms with Crippen molar-refractivity contribution in [2.45, 2.75) is 6.54 Å². The molecule has 0 radical (unpaired) electrons. The van der Waals surface area contributed by atoms with Crippen LogP contribution in [0.3, 0.4) is 0 Å². The van der Waals surface area contributed by atoms with Gasteiger partial charge in [0, 0.05) is 12.1 Å². The summed E-state index contributed by atoms with van der Waals surface area (Å²) < 4.78 is 18.1. The van der Waals surface area contributed by atoms with E-state index in [2.05, 4.69) is 10.2 Å². The Morgan fingerprint density at radius 2 is 1.94 bits per heavy atom. The SMILES string of the molecule is NCc1ccnnc1Oc1ccc(F)cc1. The van der Waals surface area contributed by atoms with Gasteiger partial charge in [-0.3, -0.25) is 0 Å². The predicted octanol–water partition coefficient (Wildman–Crippen LogP) is 1.87. The highest BCUT2D eigenvalue weighted by atomic mass is 19.1. The molecule has 4 nitrogen and oxygen atoms in total. The number of ether oxygens (including phenoxy) is 1. The standard InChI is InChI=1S/C11H10FN3O/c12-9-1-3-10(4-2-9)16-11-8(7-13)5-6-14-15-11/h1-6H,7,13H2. The highest BCUT2D eigenvalue weighted by molar-refractivity contribution is 5.31. The lowest BCUT2D eigenvalue weighted by Crippen LogP contribution is -2.02. The van der Waals surface area contributed by atoms with E-state index in [-0.39, 0.29) is 5.82 Å². The van der Waals surface area contributed by atoms with Gasteiger partial charge in [-0.1, -0.05) is 0 Å². The van der Waals surface area contributed by atoms with Gasteiger partial charge < -0.3 is 10.5 Å². The first-order valence-electron chi connectivity index (χ1n) is 4.73. The first-order chi connectivity index (χ1) is 7.79. The van der Waals surface area contributed by atoms with Gasteiger partial charge in [-0.05, 0) is 30.3 Å². The second-order valence-corrected chi connectivity index (χ2v) is 3.12. The molecule has 0 amide bonds. The predicted molar refractivity (Wildman–Crippen MR) is 56.4 cm³/mol. The van der Waals surface area contributed by atoms with E-state index < -0.39 is 0 Å². The van der Waals surface area contributed by atoms with E-state index in [1.807, 2.05) is 0 Å². The van der Waals surface area contributed by atoms with Gasteiger partial charge in [-0.2, -0.15) is 5.10 Å². The van der Waals surface area contributed by atoms with Gasteiger partial charge in [0.2, 0.25) is 5.88 Å². The highest BCUT2D eigenvalue weighted by Crippen LogP contribution is 2.21. The number of rotatable bonds is 3. The molecule has 0 aliphatic carbocycles. The number of hydrogen-bond acceptors (Lipinski definition) is 4. The first kappa shape index (κ1) is 10.5. The van der Waals surface area contributed by atoms with Crippen LogP contribution >= 0.6 is 0 Å². The highest BCUT2D eigenvalue weighted by Gasteiger charge is 2.05. The summed E-state index contributed by atoms with van der Waals surface area (Å²) >= 11 is 0. The van der Waals surface area contributed by atoms with E-state index >= 15 is 0 Å². The second-order valence-electron chi connectivity index (χ2n) is 3.12. The molecule has 16 heavy (non-hydrogen) atoms. The van der Waals surface area contributed by atoms with Crippen LogP contribution < -0.4 is 10.5 Å². The van der Waals surface area contributed by atoms with Crippen molar-refractivity contribution < 1.29 is 9.13 Å². The normalized spacial score (nSPS) is 10.1. The van der Waals surface area contributed by atoms with E-state index in [4.69, 9.17) is 10.5 Å². The zero-order valence-electron chi connectivity index (χ0n) is 8.43. The Labute approximate surface area is 91.9 Å². The monoisotopic (exact) mass is 219 g/mol. The lowest BCUT2D eigenvalue weighted by molar-refractivity contribution is 0.447. The molecule has 1 heterocycles. The molecule has 0 fully saturated rings. The van der Waals surface area contributed by atoms with Gasteiger partial charge in [-0.25, -0.2) is 4.39 Å². The maximum atomic E-state index is 12.7. The van der Waals surface area contributed by atoms with Crippen LogP contribution in [0, 0.1) is 5.82 Å². The van der Waals surface area contributed by atoms with Crippen LogP contribution in [-0.2, 0) is 6.54 Å². The quantitative estimate of drug-likeness (QED) is 0.855. The third-order valence-electron chi connectivity index (χ3n) is 2.01. The van der Waals surface area contributed by atoms with Crippen LogP contribution in [0.15, 0.2) is 36.5 Å². The molecule has 2 rings (SSSR count). The molecule has 0 saturated heterocycles. The van der Waals surface area contributed by atoms with Crippen molar-refractivity contribution in [1.82, 2.24) is 10.2 Å². The average molecular weight is 219 g/mol. The summed E-state index contributed by atoms with van der Waals surface area (Å²) in [6.45, 7) is 0.312. The lowest BCUT2D eigenvalue weighted by atomic mass is 10.3. The Kier molecular flexibility index (Phi) is 3.07. The molecule has 0 bridgehead atoms. The number of nitrogens with zero attached hydrogens (tertiary/aromatic N) is 2. The number of aromatic nitrogens is 2. The second kappa shape index (κ2) is 4.67. The molecule has 0 atom stereocenters. The van der Waals surface area contributed by atoms with Gasteiger partial charge in [-0.15, -0.1) is 5.10 Å². The molecule has 0 unspecified atom stereocenters.